The first-order chi connectivity index (χ1) is 14.4. The molecule has 30 heavy (non-hydrogen) atoms. The molecule has 1 aromatic carbocycles. The number of carbonyl (C=O) groups excluding carboxylic acids is 1. The number of ether oxygens (including phenoxy) is 1. The molecule has 0 aliphatic heterocycles. The summed E-state index contributed by atoms with van der Waals surface area (Å²) >= 11 is 0. The monoisotopic (exact) mass is 413 g/mol. The Hall–Kier alpha value is -3.36. The van der Waals surface area contributed by atoms with E-state index in [1.807, 2.05) is 0 Å². The number of aromatic amines is 1. The summed E-state index contributed by atoms with van der Waals surface area (Å²) in [5.74, 6) is 0.878. The van der Waals surface area contributed by atoms with Crippen LogP contribution in [0.4, 0.5) is 0 Å². The van der Waals surface area contributed by atoms with Crippen LogP contribution in [0.1, 0.15) is 32.6 Å². The Kier molecular flexibility index (Phi) is 6.71. The van der Waals surface area contributed by atoms with E-state index in [1.54, 1.807) is 31.3 Å². The van der Waals surface area contributed by atoms with Gasteiger partial charge in [-0.05, 0) is 30.7 Å². The lowest BCUT2D eigenvalue weighted by Crippen LogP contribution is -2.36. The fourth-order valence-electron chi connectivity index (χ4n) is 3.15. The van der Waals surface area contributed by atoms with Crippen LogP contribution in [0.5, 0.6) is 5.75 Å². The van der Waals surface area contributed by atoms with Gasteiger partial charge in [0.25, 0.3) is 11.5 Å². The van der Waals surface area contributed by atoms with E-state index in [0.29, 0.717) is 23.8 Å². The van der Waals surface area contributed by atoms with Crippen LogP contribution in [0.3, 0.4) is 0 Å². The van der Waals surface area contributed by atoms with Gasteiger partial charge in [-0.3, -0.25) is 18.7 Å². The number of hydrogen-bond donors (Lipinski definition) is 2. The topological polar surface area (TPSA) is 111 Å². The second-order valence-electron chi connectivity index (χ2n) is 7.21. The number of aromatic nitrogens is 4. The van der Waals surface area contributed by atoms with Gasteiger partial charge in [-0.2, -0.15) is 0 Å². The van der Waals surface area contributed by atoms with Crippen molar-refractivity contribution >= 4 is 17.1 Å². The number of rotatable bonds is 9. The van der Waals surface area contributed by atoms with Crippen LogP contribution in [0.15, 0.2) is 33.9 Å². The van der Waals surface area contributed by atoms with Crippen LogP contribution in [0.2, 0.25) is 0 Å². The molecule has 0 saturated heterocycles. The first-order valence-electron chi connectivity index (χ1n) is 10.1. The predicted molar refractivity (Wildman–Crippen MR) is 115 cm³/mol. The molecule has 0 unspecified atom stereocenters. The van der Waals surface area contributed by atoms with E-state index in [2.05, 4.69) is 22.2 Å². The van der Waals surface area contributed by atoms with Crippen molar-refractivity contribution in [3.8, 4) is 17.1 Å². The molecule has 0 radical (unpaired) electrons. The first kappa shape index (κ1) is 21.4. The fourth-order valence-corrected chi connectivity index (χ4v) is 3.15. The number of amides is 1. The summed E-state index contributed by atoms with van der Waals surface area (Å²) in [4.78, 5) is 43.6. The number of benzene rings is 1. The van der Waals surface area contributed by atoms with Crippen LogP contribution < -0.4 is 21.3 Å². The molecule has 2 N–H and O–H groups in total. The molecule has 0 aliphatic rings. The maximum atomic E-state index is 12.3. The van der Waals surface area contributed by atoms with E-state index in [9.17, 15) is 14.4 Å². The Bertz CT molecular complexity index is 1140. The number of imidazole rings is 1. The third-order valence-electron chi connectivity index (χ3n) is 4.94. The van der Waals surface area contributed by atoms with Crippen LogP contribution in [0, 0.1) is 0 Å². The van der Waals surface area contributed by atoms with Crippen LogP contribution in [-0.2, 0) is 18.9 Å². The predicted octanol–water partition coefficient (Wildman–Crippen LogP) is 1.70. The zero-order valence-electron chi connectivity index (χ0n) is 17.5. The SMILES string of the molecule is CCCCCCNC(=O)COc1ccc(-c2nc3c([nH]2)c(=O)n(C)c(=O)n3C)cc1. The van der Waals surface area contributed by atoms with E-state index < -0.39 is 11.2 Å². The molecule has 0 spiro atoms. The molecule has 0 saturated carbocycles. The molecular formula is C21H27N5O4. The Morgan fingerprint density at radius 3 is 2.53 bits per heavy atom. The molecule has 0 fully saturated rings. The van der Waals surface area contributed by atoms with Gasteiger partial charge in [0, 0.05) is 26.2 Å². The van der Waals surface area contributed by atoms with Gasteiger partial charge >= 0.3 is 5.69 Å². The molecule has 2 aromatic heterocycles. The number of H-pyrrole nitrogens is 1. The lowest BCUT2D eigenvalue weighted by atomic mass is 10.2. The second-order valence-corrected chi connectivity index (χ2v) is 7.21. The highest BCUT2D eigenvalue weighted by atomic mass is 16.5. The van der Waals surface area contributed by atoms with Crippen molar-refractivity contribution in [1.82, 2.24) is 24.4 Å². The maximum absolute atomic E-state index is 12.3. The fraction of sp³-hybridized carbons (Fsp3) is 0.429. The van der Waals surface area contributed by atoms with Crippen molar-refractivity contribution in [3.05, 3.63) is 45.1 Å². The summed E-state index contributed by atoms with van der Waals surface area (Å²) in [6.07, 6.45) is 4.42. The highest BCUT2D eigenvalue weighted by molar-refractivity contribution is 5.77. The standard InChI is InChI=1S/C21H27N5O4/c1-4-5-6-7-12-22-16(27)13-30-15-10-8-14(9-11-15)18-23-17-19(24-18)25(2)21(29)26(3)20(17)28/h8-11H,4-7,12-13H2,1-3H3,(H,22,27)(H,23,24). The zero-order valence-corrected chi connectivity index (χ0v) is 17.5. The number of carbonyl (C=O) groups is 1. The summed E-state index contributed by atoms with van der Waals surface area (Å²) in [7, 11) is 3.00. The van der Waals surface area contributed by atoms with E-state index in [-0.39, 0.29) is 18.0 Å². The minimum Gasteiger partial charge on any atom is -0.484 e. The van der Waals surface area contributed by atoms with Gasteiger partial charge in [0.05, 0.1) is 0 Å². The van der Waals surface area contributed by atoms with Crippen molar-refractivity contribution in [2.45, 2.75) is 32.6 Å². The number of fused-ring (bicyclic) bond motifs is 1. The number of nitrogens with one attached hydrogen (secondary N) is 2. The van der Waals surface area contributed by atoms with Crippen LogP contribution in [0.25, 0.3) is 22.6 Å². The van der Waals surface area contributed by atoms with Crippen molar-refractivity contribution in [2.24, 2.45) is 14.1 Å². The Labute approximate surface area is 173 Å². The van der Waals surface area contributed by atoms with Gasteiger partial charge in [-0.1, -0.05) is 26.2 Å². The molecule has 9 heteroatoms. The van der Waals surface area contributed by atoms with Crippen molar-refractivity contribution < 1.29 is 9.53 Å². The van der Waals surface area contributed by atoms with Gasteiger partial charge in [-0.25, -0.2) is 9.78 Å². The van der Waals surface area contributed by atoms with E-state index >= 15 is 0 Å². The molecular weight excluding hydrogens is 386 g/mol. The Morgan fingerprint density at radius 2 is 1.83 bits per heavy atom. The highest BCUT2D eigenvalue weighted by Gasteiger charge is 2.14. The van der Waals surface area contributed by atoms with Crippen molar-refractivity contribution in [3.63, 3.8) is 0 Å². The number of nitrogens with zero attached hydrogens (tertiary/aromatic N) is 3. The summed E-state index contributed by atoms with van der Waals surface area (Å²) in [5.41, 5.74) is 0.443. The van der Waals surface area contributed by atoms with Gasteiger partial charge in [0.2, 0.25) is 0 Å². The van der Waals surface area contributed by atoms with E-state index in [4.69, 9.17) is 4.74 Å². The molecule has 0 aliphatic carbocycles. The third kappa shape index (κ3) is 4.61. The molecule has 0 atom stereocenters. The molecule has 2 heterocycles. The number of hydrogen-bond acceptors (Lipinski definition) is 5. The van der Waals surface area contributed by atoms with E-state index in [1.165, 1.54) is 18.0 Å². The summed E-state index contributed by atoms with van der Waals surface area (Å²) in [5, 5.41) is 2.85. The molecule has 3 aromatic rings. The van der Waals surface area contributed by atoms with Gasteiger partial charge in [0.1, 0.15) is 17.1 Å². The highest BCUT2D eigenvalue weighted by Crippen LogP contribution is 2.21. The quantitative estimate of drug-likeness (QED) is 0.519. The largest absolute Gasteiger partial charge is 0.484 e. The third-order valence-corrected chi connectivity index (χ3v) is 4.94. The summed E-state index contributed by atoms with van der Waals surface area (Å²) < 4.78 is 7.89. The zero-order chi connectivity index (χ0) is 21.7. The second kappa shape index (κ2) is 9.43. The Morgan fingerprint density at radius 1 is 1.10 bits per heavy atom. The average molecular weight is 413 g/mol. The molecule has 9 nitrogen and oxygen atoms in total. The number of unbranched alkanes of at least 4 members (excludes halogenated alkanes) is 3. The minimum atomic E-state index is -0.432. The van der Waals surface area contributed by atoms with Gasteiger partial charge in [0.15, 0.2) is 12.3 Å². The minimum absolute atomic E-state index is 0.0457. The Balaban J connectivity index is 1.64. The smallest absolute Gasteiger partial charge is 0.332 e. The molecule has 1 amide bonds. The first-order valence-corrected chi connectivity index (χ1v) is 10.1. The van der Waals surface area contributed by atoms with Gasteiger partial charge in [-0.15, -0.1) is 0 Å². The molecule has 0 bridgehead atoms. The lowest BCUT2D eigenvalue weighted by Gasteiger charge is -2.08. The summed E-state index contributed by atoms with van der Waals surface area (Å²) in [6.45, 7) is 2.76. The number of aryl methyl sites for hydroxylation is 1. The van der Waals surface area contributed by atoms with Crippen LogP contribution >= 0.6 is 0 Å². The normalized spacial score (nSPS) is 11.0. The lowest BCUT2D eigenvalue weighted by molar-refractivity contribution is -0.123. The van der Waals surface area contributed by atoms with Gasteiger partial charge < -0.3 is 15.0 Å². The molecule has 3 rings (SSSR count). The van der Waals surface area contributed by atoms with Crippen LogP contribution in [-0.4, -0.2) is 38.2 Å². The average Bonchev–Trinajstić information content (AvgIpc) is 3.21. The maximum Gasteiger partial charge on any atom is 0.332 e. The van der Waals surface area contributed by atoms with Crippen molar-refractivity contribution in [2.75, 3.05) is 13.2 Å². The van der Waals surface area contributed by atoms with Crippen molar-refractivity contribution in [1.29, 1.82) is 0 Å². The molecule has 160 valence electrons. The van der Waals surface area contributed by atoms with E-state index in [0.717, 1.165) is 29.4 Å². The summed E-state index contributed by atoms with van der Waals surface area (Å²) in [6, 6.07) is 7.01.